The molecule has 0 unspecified atom stereocenters. The summed E-state index contributed by atoms with van der Waals surface area (Å²) in [5, 5.41) is 5.89. The Labute approximate surface area is 180 Å². The second-order valence-corrected chi connectivity index (χ2v) is 7.61. The first kappa shape index (κ1) is 20.8. The van der Waals surface area contributed by atoms with Crippen molar-refractivity contribution in [1.29, 1.82) is 0 Å². The highest BCUT2D eigenvalue weighted by molar-refractivity contribution is 5.92. The van der Waals surface area contributed by atoms with Gasteiger partial charge < -0.3 is 15.1 Å². The van der Waals surface area contributed by atoms with Crippen molar-refractivity contribution < 1.29 is 18.4 Å². The van der Waals surface area contributed by atoms with Gasteiger partial charge >= 0.3 is 0 Å². The number of hydrogen-bond donors (Lipinski definition) is 2. The molecule has 0 saturated carbocycles. The Hall–Kier alpha value is -3.45. The molecule has 2 N–H and O–H groups in total. The lowest BCUT2D eigenvalue weighted by atomic mass is 10.0. The standard InChI is InChI=1S/C24H24FN3O3/c25-18-8-6-17(7-9-18)21-10-11-22(31-21)24(30)27-20-12-14-28(15-13-20)16-23(29)26-19-4-2-1-3-5-19/h1-11,20H,12-16H2,(H,26,29)(H,27,30). The minimum absolute atomic E-state index is 0.0281. The van der Waals surface area contributed by atoms with E-state index < -0.39 is 0 Å². The number of para-hydroxylation sites is 1. The molecule has 1 saturated heterocycles. The number of furan rings is 1. The van der Waals surface area contributed by atoms with Crippen molar-refractivity contribution in [3.05, 3.63) is 78.3 Å². The van der Waals surface area contributed by atoms with E-state index in [0.29, 0.717) is 17.9 Å². The Morgan fingerprint density at radius 3 is 2.39 bits per heavy atom. The largest absolute Gasteiger partial charge is 0.451 e. The molecule has 1 aliphatic rings. The van der Waals surface area contributed by atoms with E-state index >= 15 is 0 Å². The quantitative estimate of drug-likeness (QED) is 0.633. The predicted octanol–water partition coefficient (Wildman–Crippen LogP) is 3.92. The van der Waals surface area contributed by atoms with E-state index in [9.17, 15) is 14.0 Å². The maximum atomic E-state index is 13.1. The predicted molar refractivity (Wildman–Crippen MR) is 116 cm³/mol. The van der Waals surface area contributed by atoms with Crippen molar-refractivity contribution >= 4 is 17.5 Å². The van der Waals surface area contributed by atoms with Gasteiger partial charge in [-0.05, 0) is 61.4 Å². The molecule has 3 aromatic rings. The lowest BCUT2D eigenvalue weighted by Crippen LogP contribution is -2.46. The van der Waals surface area contributed by atoms with Crippen LogP contribution in [-0.2, 0) is 4.79 Å². The molecule has 2 aromatic carbocycles. The molecule has 1 aromatic heterocycles. The molecule has 7 heteroatoms. The molecule has 2 heterocycles. The Kier molecular flexibility index (Phi) is 6.43. The molecule has 0 radical (unpaired) electrons. The molecule has 6 nitrogen and oxygen atoms in total. The topological polar surface area (TPSA) is 74.6 Å². The highest BCUT2D eigenvalue weighted by Crippen LogP contribution is 2.23. The number of rotatable bonds is 6. The van der Waals surface area contributed by atoms with Gasteiger partial charge in [-0.15, -0.1) is 0 Å². The number of benzene rings is 2. The fraction of sp³-hybridized carbons (Fsp3) is 0.250. The summed E-state index contributed by atoms with van der Waals surface area (Å²) in [5.41, 5.74) is 1.50. The van der Waals surface area contributed by atoms with Crippen molar-refractivity contribution in [3.63, 3.8) is 0 Å². The summed E-state index contributed by atoms with van der Waals surface area (Å²) >= 11 is 0. The molecule has 4 rings (SSSR count). The van der Waals surface area contributed by atoms with Gasteiger partial charge in [0.2, 0.25) is 5.91 Å². The van der Waals surface area contributed by atoms with Gasteiger partial charge in [0.1, 0.15) is 11.6 Å². The first-order valence-corrected chi connectivity index (χ1v) is 10.3. The van der Waals surface area contributed by atoms with Crippen LogP contribution < -0.4 is 10.6 Å². The number of anilines is 1. The highest BCUT2D eigenvalue weighted by atomic mass is 19.1. The zero-order chi connectivity index (χ0) is 21.6. The van der Waals surface area contributed by atoms with Gasteiger partial charge in [-0.2, -0.15) is 0 Å². The normalized spacial score (nSPS) is 14.9. The maximum Gasteiger partial charge on any atom is 0.287 e. The number of likely N-dealkylation sites (tertiary alicyclic amines) is 1. The Morgan fingerprint density at radius 2 is 1.68 bits per heavy atom. The fourth-order valence-corrected chi connectivity index (χ4v) is 3.65. The van der Waals surface area contributed by atoms with E-state index in [0.717, 1.165) is 31.6 Å². The first-order chi connectivity index (χ1) is 15.1. The second-order valence-electron chi connectivity index (χ2n) is 7.61. The number of piperidine rings is 1. The van der Waals surface area contributed by atoms with E-state index in [-0.39, 0.29) is 29.4 Å². The third kappa shape index (κ3) is 5.58. The van der Waals surface area contributed by atoms with E-state index in [4.69, 9.17) is 4.42 Å². The van der Waals surface area contributed by atoms with Gasteiger partial charge in [-0.25, -0.2) is 4.39 Å². The fourth-order valence-electron chi connectivity index (χ4n) is 3.65. The second kappa shape index (κ2) is 9.57. The minimum Gasteiger partial charge on any atom is -0.451 e. The first-order valence-electron chi connectivity index (χ1n) is 10.3. The van der Waals surface area contributed by atoms with Crippen LogP contribution in [0, 0.1) is 5.82 Å². The molecule has 0 bridgehead atoms. The summed E-state index contributed by atoms with van der Waals surface area (Å²) in [6.45, 7) is 1.78. The summed E-state index contributed by atoms with van der Waals surface area (Å²) in [5.74, 6) is 0.108. The number of amides is 2. The van der Waals surface area contributed by atoms with Crippen molar-refractivity contribution in [2.24, 2.45) is 0 Å². The Bertz CT molecular complexity index is 1030. The van der Waals surface area contributed by atoms with E-state index in [1.54, 1.807) is 24.3 Å². The smallest absolute Gasteiger partial charge is 0.287 e. The molecule has 1 aliphatic heterocycles. The van der Waals surface area contributed by atoms with Crippen LogP contribution in [0.1, 0.15) is 23.4 Å². The van der Waals surface area contributed by atoms with Gasteiger partial charge in [0.15, 0.2) is 5.76 Å². The van der Waals surface area contributed by atoms with Crippen LogP contribution in [0.3, 0.4) is 0 Å². The summed E-state index contributed by atoms with van der Waals surface area (Å²) in [6.07, 6.45) is 1.52. The average molecular weight is 421 g/mol. The maximum absolute atomic E-state index is 13.1. The van der Waals surface area contributed by atoms with Crippen LogP contribution in [0.25, 0.3) is 11.3 Å². The number of carbonyl (C=O) groups excluding carboxylic acids is 2. The van der Waals surface area contributed by atoms with Crippen LogP contribution in [0.2, 0.25) is 0 Å². The van der Waals surface area contributed by atoms with Crippen LogP contribution >= 0.6 is 0 Å². The van der Waals surface area contributed by atoms with Gasteiger partial charge in [0.05, 0.1) is 6.54 Å². The number of carbonyl (C=O) groups is 2. The third-order valence-corrected chi connectivity index (χ3v) is 5.31. The number of nitrogens with one attached hydrogen (secondary N) is 2. The average Bonchev–Trinajstić information content (AvgIpc) is 3.27. The third-order valence-electron chi connectivity index (χ3n) is 5.31. The van der Waals surface area contributed by atoms with E-state index in [2.05, 4.69) is 15.5 Å². The van der Waals surface area contributed by atoms with Gasteiger partial charge in [-0.1, -0.05) is 18.2 Å². The van der Waals surface area contributed by atoms with Crippen LogP contribution in [-0.4, -0.2) is 42.4 Å². The molecular weight excluding hydrogens is 397 g/mol. The number of hydrogen-bond acceptors (Lipinski definition) is 4. The lowest BCUT2D eigenvalue weighted by molar-refractivity contribution is -0.117. The zero-order valence-corrected chi connectivity index (χ0v) is 17.0. The molecule has 31 heavy (non-hydrogen) atoms. The molecular formula is C24H24FN3O3. The van der Waals surface area contributed by atoms with Gasteiger partial charge in [0.25, 0.3) is 5.91 Å². The molecule has 0 atom stereocenters. The van der Waals surface area contributed by atoms with Crippen molar-refractivity contribution in [2.75, 3.05) is 25.0 Å². The lowest BCUT2D eigenvalue weighted by Gasteiger charge is -2.31. The minimum atomic E-state index is -0.322. The summed E-state index contributed by atoms with van der Waals surface area (Å²) in [6, 6.07) is 18.7. The molecule has 1 fully saturated rings. The molecule has 160 valence electrons. The Balaban J connectivity index is 1.24. The van der Waals surface area contributed by atoms with Crippen molar-refractivity contribution in [2.45, 2.75) is 18.9 Å². The summed E-state index contributed by atoms with van der Waals surface area (Å²) in [4.78, 5) is 26.8. The van der Waals surface area contributed by atoms with E-state index in [1.807, 2.05) is 30.3 Å². The van der Waals surface area contributed by atoms with Crippen LogP contribution in [0.15, 0.2) is 71.1 Å². The molecule has 2 amide bonds. The van der Waals surface area contributed by atoms with Gasteiger partial charge in [-0.3, -0.25) is 14.5 Å². The monoisotopic (exact) mass is 421 g/mol. The SMILES string of the molecule is O=C(CN1CCC(NC(=O)c2ccc(-c3ccc(F)cc3)o2)CC1)Nc1ccccc1. The van der Waals surface area contributed by atoms with Crippen LogP contribution in [0.4, 0.5) is 10.1 Å². The number of halogens is 1. The Morgan fingerprint density at radius 1 is 0.968 bits per heavy atom. The van der Waals surface area contributed by atoms with Crippen LogP contribution in [0.5, 0.6) is 0 Å². The molecule has 0 aliphatic carbocycles. The van der Waals surface area contributed by atoms with E-state index in [1.165, 1.54) is 12.1 Å². The summed E-state index contributed by atoms with van der Waals surface area (Å²) < 4.78 is 18.7. The highest BCUT2D eigenvalue weighted by Gasteiger charge is 2.23. The summed E-state index contributed by atoms with van der Waals surface area (Å²) in [7, 11) is 0. The van der Waals surface area contributed by atoms with Gasteiger partial charge in [0, 0.05) is 30.4 Å². The number of nitrogens with zero attached hydrogens (tertiary/aromatic N) is 1. The van der Waals surface area contributed by atoms with Crippen molar-refractivity contribution in [3.8, 4) is 11.3 Å². The zero-order valence-electron chi connectivity index (χ0n) is 17.0. The van der Waals surface area contributed by atoms with Crippen molar-refractivity contribution in [1.82, 2.24) is 10.2 Å². The molecule has 0 spiro atoms.